The van der Waals surface area contributed by atoms with Gasteiger partial charge in [-0.25, -0.2) is 8.78 Å². The lowest BCUT2D eigenvalue weighted by atomic mass is 9.70. The van der Waals surface area contributed by atoms with Gasteiger partial charge in [-0.3, -0.25) is 0 Å². The van der Waals surface area contributed by atoms with Crippen molar-refractivity contribution in [2.45, 2.75) is 61.2 Å². The van der Waals surface area contributed by atoms with Crippen LogP contribution in [-0.4, -0.2) is 3.92 Å². The quantitative estimate of drug-likeness (QED) is 0.223. The molecule has 0 aromatic heterocycles. The molecule has 0 nitrogen and oxygen atoms in total. The summed E-state index contributed by atoms with van der Waals surface area (Å²) in [5.41, 5.74) is 0.604. The maximum Gasteiger partial charge on any atom is 0.172 e. The summed E-state index contributed by atoms with van der Waals surface area (Å²) in [5, 5.41) is 0. The van der Waals surface area contributed by atoms with Crippen molar-refractivity contribution in [3.05, 3.63) is 32.9 Å². The first kappa shape index (κ1) is 17.4. The molecule has 2 aliphatic carbocycles. The first-order chi connectivity index (χ1) is 10.6. The molecule has 0 aliphatic heterocycles. The Morgan fingerprint density at radius 1 is 0.773 bits per heavy atom. The van der Waals surface area contributed by atoms with Gasteiger partial charge in [0.2, 0.25) is 0 Å². The molecule has 1 aromatic rings. The topological polar surface area (TPSA) is 0 Å². The van der Waals surface area contributed by atoms with Crippen LogP contribution in [0.2, 0.25) is 0 Å². The van der Waals surface area contributed by atoms with Gasteiger partial charge in [0.05, 0.1) is 3.57 Å². The highest BCUT2D eigenvalue weighted by molar-refractivity contribution is 14.1. The van der Waals surface area contributed by atoms with Gasteiger partial charge >= 0.3 is 0 Å². The third-order valence-corrected chi connectivity index (χ3v) is 7.72. The van der Waals surface area contributed by atoms with Crippen molar-refractivity contribution in [2.24, 2.45) is 11.8 Å². The van der Waals surface area contributed by atoms with E-state index in [9.17, 15) is 8.78 Å². The molecule has 2 fully saturated rings. The van der Waals surface area contributed by atoms with Crippen LogP contribution in [0.5, 0.6) is 0 Å². The van der Waals surface area contributed by atoms with Crippen LogP contribution in [0.4, 0.5) is 8.78 Å². The summed E-state index contributed by atoms with van der Waals surface area (Å²) in [6.07, 6.45) is 9.88. The average Bonchev–Trinajstić information content (AvgIpc) is 2.54. The Labute approximate surface area is 159 Å². The number of hydrogen-bond acceptors (Lipinski definition) is 0. The minimum Gasteiger partial charge on any atom is -0.203 e. The summed E-state index contributed by atoms with van der Waals surface area (Å²) in [6.45, 7) is 0. The fraction of sp³-hybridized carbons (Fsp3) is 0.667. The Morgan fingerprint density at radius 2 is 1.32 bits per heavy atom. The van der Waals surface area contributed by atoms with E-state index in [1.165, 1.54) is 38.5 Å². The lowest BCUT2D eigenvalue weighted by Gasteiger charge is -2.37. The first-order valence-corrected chi connectivity index (χ1v) is 10.7. The molecule has 1 aromatic carbocycles. The Morgan fingerprint density at radius 3 is 1.91 bits per heavy atom. The molecule has 0 amide bonds. The van der Waals surface area contributed by atoms with Crippen molar-refractivity contribution in [3.8, 4) is 0 Å². The molecule has 0 unspecified atom stereocenters. The van der Waals surface area contributed by atoms with Gasteiger partial charge in [-0.2, -0.15) is 0 Å². The second kappa shape index (κ2) is 7.62. The van der Waals surface area contributed by atoms with Crippen LogP contribution in [-0.2, 0) is 0 Å². The van der Waals surface area contributed by atoms with Gasteiger partial charge in [0.1, 0.15) is 0 Å². The predicted octanol–water partition coefficient (Wildman–Crippen LogP) is 6.84. The van der Waals surface area contributed by atoms with Crippen LogP contribution in [0.1, 0.15) is 62.8 Å². The zero-order valence-corrected chi connectivity index (χ0v) is 16.9. The molecule has 2 aliphatic rings. The van der Waals surface area contributed by atoms with Crippen LogP contribution in [0.3, 0.4) is 0 Å². The largest absolute Gasteiger partial charge is 0.203 e. The van der Waals surface area contributed by atoms with E-state index in [2.05, 4.69) is 22.6 Å². The summed E-state index contributed by atoms with van der Waals surface area (Å²) < 4.78 is 29.2. The smallest absolute Gasteiger partial charge is 0.172 e. The fourth-order valence-electron chi connectivity index (χ4n) is 4.31. The Bertz CT molecular complexity index is 516. The summed E-state index contributed by atoms with van der Waals surface area (Å²) >= 11 is 4.44. The average molecular weight is 530 g/mol. The Hall–Kier alpha value is 0.540. The van der Waals surface area contributed by atoms with Crippen LogP contribution in [0, 0.1) is 27.0 Å². The highest BCUT2D eigenvalue weighted by Crippen LogP contribution is 2.44. The third kappa shape index (κ3) is 3.78. The minimum atomic E-state index is -0.666. The van der Waals surface area contributed by atoms with Gasteiger partial charge in [0, 0.05) is 3.92 Å². The summed E-state index contributed by atoms with van der Waals surface area (Å²) in [5.74, 6) is 0.632. The van der Waals surface area contributed by atoms with Gasteiger partial charge < -0.3 is 0 Å². The fourth-order valence-corrected chi connectivity index (χ4v) is 5.44. The molecule has 22 heavy (non-hydrogen) atoms. The van der Waals surface area contributed by atoms with E-state index in [4.69, 9.17) is 0 Å². The van der Waals surface area contributed by atoms with Gasteiger partial charge in [0.25, 0.3) is 0 Å². The molecule has 0 spiro atoms. The number of alkyl halides is 1. The van der Waals surface area contributed by atoms with Crippen LogP contribution >= 0.6 is 45.2 Å². The van der Waals surface area contributed by atoms with Gasteiger partial charge in [-0.05, 0) is 103 Å². The SMILES string of the molecule is Fc1c(I)ccc(C2CCC(C3CCC(I)CC3)CC2)c1F. The number of halogens is 4. The molecular formula is C18H22F2I2. The zero-order valence-electron chi connectivity index (χ0n) is 12.6. The number of benzene rings is 1. The molecule has 0 N–H and O–H groups in total. The second-order valence-corrected chi connectivity index (χ2v) is 9.81. The first-order valence-electron chi connectivity index (χ1n) is 8.33. The Kier molecular flexibility index (Phi) is 6.01. The van der Waals surface area contributed by atoms with Crippen LogP contribution < -0.4 is 0 Å². The molecule has 0 atom stereocenters. The monoisotopic (exact) mass is 530 g/mol. The molecule has 0 heterocycles. The van der Waals surface area contributed by atoms with Gasteiger partial charge in [0.15, 0.2) is 11.6 Å². The van der Waals surface area contributed by atoms with Crippen molar-refractivity contribution < 1.29 is 8.78 Å². The van der Waals surface area contributed by atoms with Crippen molar-refractivity contribution >= 4 is 45.2 Å². The van der Waals surface area contributed by atoms with E-state index in [0.717, 1.165) is 28.6 Å². The molecule has 0 saturated heterocycles. The predicted molar refractivity (Wildman–Crippen MR) is 104 cm³/mol. The molecule has 2 saturated carbocycles. The maximum absolute atomic E-state index is 14.2. The molecule has 3 rings (SSSR count). The molecule has 4 heteroatoms. The van der Waals surface area contributed by atoms with E-state index in [0.29, 0.717) is 9.13 Å². The van der Waals surface area contributed by atoms with E-state index >= 15 is 0 Å². The third-order valence-electron chi connectivity index (χ3n) is 5.64. The standard InChI is InChI=1S/C18H22F2I2/c19-17-15(9-10-16(22)18(17)20)13-3-1-11(2-4-13)12-5-7-14(21)8-6-12/h9-14H,1-8H2. The highest BCUT2D eigenvalue weighted by Gasteiger charge is 2.31. The Balaban J connectivity index is 1.61. The lowest BCUT2D eigenvalue weighted by Crippen LogP contribution is -2.25. The lowest BCUT2D eigenvalue weighted by molar-refractivity contribution is 0.188. The highest BCUT2D eigenvalue weighted by atomic mass is 127. The summed E-state index contributed by atoms with van der Waals surface area (Å²) in [6, 6.07) is 3.51. The molecular weight excluding hydrogens is 508 g/mol. The number of rotatable bonds is 2. The second-order valence-electron chi connectivity index (χ2n) is 6.89. The van der Waals surface area contributed by atoms with E-state index in [1.807, 2.05) is 22.6 Å². The van der Waals surface area contributed by atoms with E-state index < -0.39 is 11.6 Å². The summed E-state index contributed by atoms with van der Waals surface area (Å²) in [4.78, 5) is 0. The van der Waals surface area contributed by atoms with Crippen molar-refractivity contribution in [1.82, 2.24) is 0 Å². The zero-order chi connectivity index (χ0) is 15.7. The number of hydrogen-bond donors (Lipinski definition) is 0. The van der Waals surface area contributed by atoms with Crippen molar-refractivity contribution in [2.75, 3.05) is 0 Å². The minimum absolute atomic E-state index is 0.212. The summed E-state index contributed by atoms with van der Waals surface area (Å²) in [7, 11) is 0. The van der Waals surface area contributed by atoms with Gasteiger partial charge in [-0.1, -0.05) is 28.7 Å². The van der Waals surface area contributed by atoms with Gasteiger partial charge in [-0.15, -0.1) is 0 Å². The molecule has 0 radical (unpaired) electrons. The van der Waals surface area contributed by atoms with Crippen molar-refractivity contribution in [1.29, 1.82) is 0 Å². The molecule has 0 bridgehead atoms. The van der Waals surface area contributed by atoms with Crippen molar-refractivity contribution in [3.63, 3.8) is 0 Å². The van der Waals surface area contributed by atoms with E-state index in [1.54, 1.807) is 12.1 Å². The molecule has 122 valence electrons. The normalized spacial score (nSPS) is 32.9. The maximum atomic E-state index is 14.2. The van der Waals surface area contributed by atoms with Crippen LogP contribution in [0.25, 0.3) is 0 Å². The van der Waals surface area contributed by atoms with Crippen LogP contribution in [0.15, 0.2) is 12.1 Å². The van der Waals surface area contributed by atoms with E-state index in [-0.39, 0.29) is 5.92 Å².